The highest BCUT2D eigenvalue weighted by atomic mass is 35.5. The maximum atomic E-state index is 12.7. The number of halogens is 4. The molecule has 0 atom stereocenters. The normalized spacial score (nSPS) is 11.3. The van der Waals surface area contributed by atoms with Crippen LogP contribution in [0.3, 0.4) is 0 Å². The van der Waals surface area contributed by atoms with E-state index < -0.39 is 11.7 Å². The lowest BCUT2D eigenvalue weighted by Crippen LogP contribution is -2.09. The van der Waals surface area contributed by atoms with Gasteiger partial charge in [-0.3, -0.25) is 0 Å². The molecule has 0 spiro atoms. The van der Waals surface area contributed by atoms with Crippen molar-refractivity contribution in [3.05, 3.63) is 46.9 Å². The Bertz CT molecular complexity index is 649. The summed E-state index contributed by atoms with van der Waals surface area (Å²) in [6.45, 7) is 0.467. The van der Waals surface area contributed by atoms with E-state index in [0.717, 1.165) is 12.1 Å². The Morgan fingerprint density at radius 1 is 1.23 bits per heavy atom. The van der Waals surface area contributed by atoms with E-state index in [0.29, 0.717) is 29.5 Å². The number of nitrogens with one attached hydrogen (secondary N) is 1. The minimum absolute atomic E-state index is 0.206. The van der Waals surface area contributed by atoms with E-state index in [4.69, 9.17) is 16.3 Å². The van der Waals surface area contributed by atoms with E-state index >= 15 is 0 Å². The summed E-state index contributed by atoms with van der Waals surface area (Å²) in [5.74, 6) is 0.753. The Labute approximate surface area is 130 Å². The van der Waals surface area contributed by atoms with Crippen molar-refractivity contribution in [2.75, 3.05) is 19.0 Å². The number of hydrogen-bond donors (Lipinski definition) is 1. The van der Waals surface area contributed by atoms with Crippen LogP contribution in [0.5, 0.6) is 5.75 Å². The quantitative estimate of drug-likeness (QED) is 0.846. The molecule has 0 bridgehead atoms. The minimum Gasteiger partial charge on any atom is -0.496 e. The first-order chi connectivity index (χ1) is 10.4. The van der Waals surface area contributed by atoms with Gasteiger partial charge in [-0.1, -0.05) is 17.7 Å². The molecule has 1 aromatic carbocycles. The van der Waals surface area contributed by atoms with Crippen LogP contribution in [0.25, 0.3) is 0 Å². The Balaban J connectivity index is 2.03. The number of benzene rings is 1. The van der Waals surface area contributed by atoms with Gasteiger partial charge in [0, 0.05) is 12.6 Å². The molecule has 0 saturated carbocycles. The van der Waals surface area contributed by atoms with Crippen LogP contribution in [-0.2, 0) is 12.6 Å². The third kappa shape index (κ3) is 4.24. The molecule has 4 nitrogen and oxygen atoms in total. The number of alkyl halides is 3. The van der Waals surface area contributed by atoms with Crippen molar-refractivity contribution in [1.29, 1.82) is 0 Å². The standard InChI is InChI=1S/C14H13ClF3N3O/c1-22-11-6-10(14(16,17)18)3-2-9(11)4-5-19-13-7-12(15)20-8-21-13/h2-3,6-8H,4-5H2,1H3,(H,19,20,21). The van der Waals surface area contributed by atoms with Gasteiger partial charge in [-0.25, -0.2) is 9.97 Å². The fourth-order valence-corrected chi connectivity index (χ4v) is 2.03. The van der Waals surface area contributed by atoms with Gasteiger partial charge in [0.25, 0.3) is 0 Å². The first kappa shape index (κ1) is 16.4. The first-order valence-corrected chi connectivity index (χ1v) is 6.73. The second kappa shape index (κ2) is 6.83. The number of aromatic nitrogens is 2. The van der Waals surface area contributed by atoms with Crippen molar-refractivity contribution in [3.8, 4) is 5.75 Å². The average Bonchev–Trinajstić information content (AvgIpc) is 2.46. The molecule has 0 aliphatic heterocycles. The maximum Gasteiger partial charge on any atom is 0.416 e. The number of hydrogen-bond acceptors (Lipinski definition) is 4. The largest absolute Gasteiger partial charge is 0.496 e. The van der Waals surface area contributed by atoms with Crippen molar-refractivity contribution in [1.82, 2.24) is 9.97 Å². The molecule has 0 saturated heterocycles. The summed E-state index contributed by atoms with van der Waals surface area (Å²) in [6, 6.07) is 5.01. The van der Waals surface area contributed by atoms with E-state index in [1.54, 1.807) is 6.07 Å². The van der Waals surface area contributed by atoms with Crippen LogP contribution in [0.4, 0.5) is 19.0 Å². The zero-order chi connectivity index (χ0) is 16.2. The molecule has 1 heterocycles. The average molecular weight is 332 g/mol. The van der Waals surface area contributed by atoms with Gasteiger partial charge >= 0.3 is 6.18 Å². The Kier molecular flexibility index (Phi) is 5.07. The van der Waals surface area contributed by atoms with Crippen molar-refractivity contribution in [3.63, 3.8) is 0 Å². The van der Waals surface area contributed by atoms with Gasteiger partial charge in [-0.15, -0.1) is 0 Å². The van der Waals surface area contributed by atoms with E-state index in [1.165, 1.54) is 19.5 Å². The van der Waals surface area contributed by atoms with Gasteiger partial charge in [0.05, 0.1) is 12.7 Å². The molecule has 0 aliphatic rings. The predicted octanol–water partition coefficient (Wildman–Crippen LogP) is 3.81. The molecule has 0 radical (unpaired) electrons. The molecule has 0 unspecified atom stereocenters. The zero-order valence-electron chi connectivity index (χ0n) is 11.6. The Morgan fingerprint density at radius 2 is 2.00 bits per heavy atom. The predicted molar refractivity (Wildman–Crippen MR) is 77.2 cm³/mol. The lowest BCUT2D eigenvalue weighted by atomic mass is 10.1. The second-order valence-electron chi connectivity index (χ2n) is 4.43. The van der Waals surface area contributed by atoms with E-state index in [-0.39, 0.29) is 5.75 Å². The molecule has 0 amide bonds. The summed E-state index contributed by atoms with van der Waals surface area (Å²) in [4.78, 5) is 7.73. The molecular weight excluding hydrogens is 319 g/mol. The Hall–Kier alpha value is -2.02. The second-order valence-corrected chi connectivity index (χ2v) is 4.81. The van der Waals surface area contributed by atoms with Crippen LogP contribution in [0.2, 0.25) is 5.15 Å². The summed E-state index contributed by atoms with van der Waals surface area (Å²) >= 11 is 5.73. The fraction of sp³-hybridized carbons (Fsp3) is 0.286. The van der Waals surface area contributed by atoms with Crippen LogP contribution in [0, 0.1) is 0 Å². The summed E-state index contributed by atoms with van der Waals surface area (Å²) in [6.07, 6.45) is -2.59. The summed E-state index contributed by atoms with van der Waals surface area (Å²) in [5, 5.41) is 3.33. The van der Waals surface area contributed by atoms with Crippen molar-refractivity contribution in [2.45, 2.75) is 12.6 Å². The molecular formula is C14H13ClF3N3O. The molecule has 2 aromatic rings. The molecule has 8 heteroatoms. The molecule has 2 rings (SSSR count). The number of rotatable bonds is 5. The summed E-state index contributed by atoms with van der Waals surface area (Å²) in [7, 11) is 1.34. The topological polar surface area (TPSA) is 47.0 Å². The van der Waals surface area contributed by atoms with Gasteiger partial charge < -0.3 is 10.1 Å². The first-order valence-electron chi connectivity index (χ1n) is 6.35. The highest BCUT2D eigenvalue weighted by Crippen LogP contribution is 2.33. The Morgan fingerprint density at radius 3 is 2.64 bits per heavy atom. The van der Waals surface area contributed by atoms with Crippen LogP contribution >= 0.6 is 11.6 Å². The third-order valence-electron chi connectivity index (χ3n) is 2.95. The minimum atomic E-state index is -4.39. The number of methoxy groups -OCH3 is 1. The van der Waals surface area contributed by atoms with Gasteiger partial charge in [0.15, 0.2) is 0 Å². The van der Waals surface area contributed by atoms with Gasteiger partial charge in [-0.2, -0.15) is 13.2 Å². The molecule has 1 N–H and O–H groups in total. The fourth-order valence-electron chi connectivity index (χ4n) is 1.88. The monoisotopic (exact) mass is 331 g/mol. The lowest BCUT2D eigenvalue weighted by Gasteiger charge is -2.13. The van der Waals surface area contributed by atoms with Crippen LogP contribution < -0.4 is 10.1 Å². The number of ether oxygens (including phenoxy) is 1. The molecule has 0 aliphatic carbocycles. The van der Waals surface area contributed by atoms with Gasteiger partial charge in [0.2, 0.25) is 0 Å². The molecule has 22 heavy (non-hydrogen) atoms. The number of anilines is 1. The number of nitrogens with zero attached hydrogens (tertiary/aromatic N) is 2. The highest BCUT2D eigenvalue weighted by molar-refractivity contribution is 6.29. The van der Waals surface area contributed by atoms with Crippen LogP contribution in [-0.4, -0.2) is 23.6 Å². The SMILES string of the molecule is COc1cc(C(F)(F)F)ccc1CCNc1cc(Cl)ncn1. The summed E-state index contributed by atoms with van der Waals surface area (Å²) < 4.78 is 43.0. The highest BCUT2D eigenvalue weighted by Gasteiger charge is 2.31. The van der Waals surface area contributed by atoms with Crippen LogP contribution in [0.1, 0.15) is 11.1 Å². The van der Waals surface area contributed by atoms with E-state index in [2.05, 4.69) is 15.3 Å². The smallest absolute Gasteiger partial charge is 0.416 e. The van der Waals surface area contributed by atoms with Crippen molar-refractivity contribution in [2.24, 2.45) is 0 Å². The molecule has 0 fully saturated rings. The molecule has 118 valence electrons. The third-order valence-corrected chi connectivity index (χ3v) is 3.16. The van der Waals surface area contributed by atoms with Crippen LogP contribution in [0.15, 0.2) is 30.6 Å². The van der Waals surface area contributed by atoms with Gasteiger partial charge in [0.1, 0.15) is 23.0 Å². The van der Waals surface area contributed by atoms with E-state index in [9.17, 15) is 13.2 Å². The molecule has 1 aromatic heterocycles. The van der Waals surface area contributed by atoms with Crippen molar-refractivity contribution >= 4 is 17.4 Å². The van der Waals surface area contributed by atoms with Crippen molar-refractivity contribution < 1.29 is 17.9 Å². The summed E-state index contributed by atoms with van der Waals surface area (Å²) in [5.41, 5.74) is -0.0632. The zero-order valence-corrected chi connectivity index (χ0v) is 12.4. The maximum absolute atomic E-state index is 12.7. The van der Waals surface area contributed by atoms with E-state index in [1.807, 2.05) is 0 Å². The van der Waals surface area contributed by atoms with Gasteiger partial charge in [-0.05, 0) is 24.1 Å². The lowest BCUT2D eigenvalue weighted by molar-refractivity contribution is -0.137.